The van der Waals surface area contributed by atoms with E-state index >= 15 is 0 Å². The molecule has 3 unspecified atom stereocenters. The van der Waals surface area contributed by atoms with Crippen molar-refractivity contribution in [2.75, 3.05) is 26.7 Å². The quantitative estimate of drug-likeness (QED) is 0.860. The molecule has 1 heterocycles. The largest absolute Gasteiger partial charge is 0.393 e. The van der Waals surface area contributed by atoms with E-state index in [0.717, 1.165) is 32.5 Å². The summed E-state index contributed by atoms with van der Waals surface area (Å²) in [5.74, 6) is 0.787. The number of rotatable bonds is 5. The van der Waals surface area contributed by atoms with Crippen molar-refractivity contribution in [3.63, 3.8) is 0 Å². The molecule has 3 nitrogen and oxygen atoms in total. The second kappa shape index (κ2) is 8.08. The fourth-order valence-electron chi connectivity index (χ4n) is 5.16. The lowest BCUT2D eigenvalue weighted by molar-refractivity contribution is 0.0478. The Bertz CT molecular complexity index is 726. The van der Waals surface area contributed by atoms with Crippen LogP contribution in [0.15, 0.2) is 42.5 Å². The fraction of sp³-hybridized carbons (Fsp3) is 0.565. The van der Waals surface area contributed by atoms with Gasteiger partial charge in [0.2, 0.25) is 0 Å². The Morgan fingerprint density at radius 2 is 1.88 bits per heavy atom. The van der Waals surface area contributed by atoms with E-state index < -0.39 is 0 Å². The van der Waals surface area contributed by atoms with E-state index in [9.17, 15) is 5.11 Å². The van der Waals surface area contributed by atoms with Gasteiger partial charge in [0, 0.05) is 25.0 Å². The highest BCUT2D eigenvalue weighted by Gasteiger charge is 2.34. The molecule has 1 aliphatic carbocycles. The maximum atomic E-state index is 10.8. The van der Waals surface area contributed by atoms with Gasteiger partial charge in [-0.1, -0.05) is 55.3 Å². The van der Waals surface area contributed by atoms with E-state index in [-0.39, 0.29) is 6.10 Å². The van der Waals surface area contributed by atoms with Crippen LogP contribution < -0.4 is 5.32 Å². The third kappa shape index (κ3) is 3.66. The van der Waals surface area contributed by atoms with Crippen LogP contribution in [0.25, 0.3) is 10.8 Å². The molecule has 0 bridgehead atoms. The molecule has 0 spiro atoms. The van der Waals surface area contributed by atoms with Gasteiger partial charge in [-0.25, -0.2) is 0 Å². The van der Waals surface area contributed by atoms with Gasteiger partial charge in [-0.3, -0.25) is 0 Å². The summed E-state index contributed by atoms with van der Waals surface area (Å²) in [6.45, 7) is 3.35. The number of aliphatic hydroxyl groups excluding tert-OH is 1. The number of likely N-dealkylation sites (N-methyl/N-ethyl adjacent to an activating group) is 1. The van der Waals surface area contributed by atoms with E-state index in [1.807, 2.05) is 0 Å². The van der Waals surface area contributed by atoms with Crippen LogP contribution in [0.1, 0.15) is 43.6 Å². The highest BCUT2D eigenvalue weighted by molar-refractivity contribution is 5.86. The SMILES string of the molecule is CN[C@H]1CCN(CC(c2cccc3ccccc23)C2CCCCC2O)C1. The van der Waals surface area contributed by atoms with Crippen molar-refractivity contribution in [3.05, 3.63) is 48.0 Å². The van der Waals surface area contributed by atoms with Crippen molar-refractivity contribution in [1.82, 2.24) is 10.2 Å². The number of nitrogens with zero attached hydrogens (tertiary/aromatic N) is 1. The molecule has 0 radical (unpaired) electrons. The number of hydrogen-bond acceptors (Lipinski definition) is 3. The summed E-state index contributed by atoms with van der Waals surface area (Å²) in [6, 6.07) is 16.1. The Hall–Kier alpha value is -1.42. The van der Waals surface area contributed by atoms with E-state index in [0.29, 0.717) is 17.9 Å². The molecule has 0 amide bonds. The van der Waals surface area contributed by atoms with Gasteiger partial charge in [-0.05, 0) is 55.1 Å². The van der Waals surface area contributed by atoms with Crippen molar-refractivity contribution in [3.8, 4) is 0 Å². The Kier molecular flexibility index (Phi) is 5.58. The van der Waals surface area contributed by atoms with Gasteiger partial charge in [0.25, 0.3) is 0 Å². The van der Waals surface area contributed by atoms with Crippen molar-refractivity contribution >= 4 is 10.8 Å². The number of nitrogens with one attached hydrogen (secondary N) is 1. The maximum absolute atomic E-state index is 10.8. The zero-order valence-corrected chi connectivity index (χ0v) is 15.9. The Morgan fingerprint density at radius 1 is 1.08 bits per heavy atom. The Morgan fingerprint density at radius 3 is 2.69 bits per heavy atom. The first-order valence-corrected chi connectivity index (χ1v) is 10.3. The Labute approximate surface area is 157 Å². The first-order valence-electron chi connectivity index (χ1n) is 10.3. The molecule has 26 heavy (non-hydrogen) atoms. The van der Waals surface area contributed by atoms with Gasteiger partial charge in [-0.2, -0.15) is 0 Å². The van der Waals surface area contributed by atoms with Crippen LogP contribution in [0.2, 0.25) is 0 Å². The predicted molar refractivity (Wildman–Crippen MR) is 109 cm³/mol. The van der Waals surface area contributed by atoms with Crippen molar-refractivity contribution < 1.29 is 5.11 Å². The summed E-state index contributed by atoms with van der Waals surface area (Å²) in [7, 11) is 2.07. The van der Waals surface area contributed by atoms with Crippen molar-refractivity contribution in [2.24, 2.45) is 5.92 Å². The summed E-state index contributed by atoms with van der Waals surface area (Å²) in [5, 5.41) is 16.9. The van der Waals surface area contributed by atoms with Gasteiger partial charge < -0.3 is 15.3 Å². The smallest absolute Gasteiger partial charge is 0.0574 e. The monoisotopic (exact) mass is 352 g/mol. The number of fused-ring (bicyclic) bond motifs is 1. The Balaban J connectivity index is 1.67. The molecule has 2 aromatic carbocycles. The number of likely N-dealkylation sites (tertiary alicyclic amines) is 1. The molecule has 2 fully saturated rings. The van der Waals surface area contributed by atoms with Crippen molar-refractivity contribution in [2.45, 2.75) is 50.2 Å². The normalized spacial score (nSPS) is 28.5. The third-order valence-electron chi connectivity index (χ3n) is 6.66. The molecule has 4 rings (SSSR count). The minimum Gasteiger partial charge on any atom is -0.393 e. The summed E-state index contributed by atoms with van der Waals surface area (Å²) in [6.07, 6.45) is 5.61. The van der Waals surface area contributed by atoms with Crippen LogP contribution in [0.5, 0.6) is 0 Å². The second-order valence-corrected chi connectivity index (χ2v) is 8.22. The van der Waals surface area contributed by atoms with Crippen LogP contribution in [-0.4, -0.2) is 48.8 Å². The molecule has 1 saturated carbocycles. The van der Waals surface area contributed by atoms with Gasteiger partial charge in [0.05, 0.1) is 6.10 Å². The van der Waals surface area contributed by atoms with Crippen LogP contribution in [0, 0.1) is 5.92 Å². The molecule has 2 aromatic rings. The number of benzene rings is 2. The highest BCUT2D eigenvalue weighted by Crippen LogP contribution is 2.39. The lowest BCUT2D eigenvalue weighted by atomic mass is 9.74. The first-order chi connectivity index (χ1) is 12.8. The molecule has 2 N–H and O–H groups in total. The molecular weight excluding hydrogens is 320 g/mol. The molecule has 3 heteroatoms. The lowest BCUT2D eigenvalue weighted by Crippen LogP contribution is -2.38. The lowest BCUT2D eigenvalue weighted by Gasteiger charge is -2.37. The third-order valence-corrected chi connectivity index (χ3v) is 6.66. The fourth-order valence-corrected chi connectivity index (χ4v) is 5.16. The second-order valence-electron chi connectivity index (χ2n) is 8.22. The summed E-state index contributed by atoms with van der Waals surface area (Å²) < 4.78 is 0. The van der Waals surface area contributed by atoms with Crippen LogP contribution in [-0.2, 0) is 0 Å². The molecular formula is C23H32N2O. The van der Waals surface area contributed by atoms with E-state index in [1.54, 1.807) is 0 Å². The number of hydrogen-bond donors (Lipinski definition) is 2. The molecule has 4 atom stereocenters. The topological polar surface area (TPSA) is 35.5 Å². The first kappa shape index (κ1) is 18.0. The zero-order chi connectivity index (χ0) is 17.9. The van der Waals surface area contributed by atoms with E-state index in [1.165, 1.54) is 35.6 Å². The molecule has 2 aliphatic rings. The minimum atomic E-state index is -0.157. The number of aliphatic hydroxyl groups is 1. The van der Waals surface area contributed by atoms with Crippen LogP contribution in [0.3, 0.4) is 0 Å². The summed E-state index contributed by atoms with van der Waals surface area (Å²) in [4.78, 5) is 2.61. The average Bonchev–Trinajstić information content (AvgIpc) is 3.14. The van der Waals surface area contributed by atoms with E-state index in [4.69, 9.17) is 0 Å². The molecule has 0 aromatic heterocycles. The standard InChI is InChI=1S/C23H32N2O/c1-24-18-13-14-25(15-18)16-22(21-10-4-5-12-23(21)26)20-11-6-8-17-7-2-3-9-19(17)20/h2-3,6-9,11,18,21-24,26H,4-5,10,12-16H2,1H3/t18-,21?,22?,23?/m0/s1. The van der Waals surface area contributed by atoms with Gasteiger partial charge in [0.1, 0.15) is 0 Å². The molecule has 1 aliphatic heterocycles. The average molecular weight is 353 g/mol. The van der Waals surface area contributed by atoms with Gasteiger partial charge in [0.15, 0.2) is 0 Å². The summed E-state index contributed by atoms with van der Waals surface area (Å²) >= 11 is 0. The molecule has 1 saturated heterocycles. The minimum absolute atomic E-state index is 0.157. The molecule has 140 valence electrons. The predicted octanol–water partition coefficient (Wildman–Crippen LogP) is 3.77. The van der Waals surface area contributed by atoms with Crippen LogP contribution >= 0.6 is 0 Å². The summed E-state index contributed by atoms with van der Waals surface area (Å²) in [5.41, 5.74) is 1.43. The van der Waals surface area contributed by atoms with Crippen LogP contribution in [0.4, 0.5) is 0 Å². The zero-order valence-electron chi connectivity index (χ0n) is 15.9. The van der Waals surface area contributed by atoms with Gasteiger partial charge >= 0.3 is 0 Å². The maximum Gasteiger partial charge on any atom is 0.0574 e. The highest BCUT2D eigenvalue weighted by atomic mass is 16.3. The van der Waals surface area contributed by atoms with Crippen molar-refractivity contribution in [1.29, 1.82) is 0 Å². The van der Waals surface area contributed by atoms with E-state index in [2.05, 4.69) is 59.7 Å². The van der Waals surface area contributed by atoms with Gasteiger partial charge in [-0.15, -0.1) is 0 Å².